The predicted octanol–water partition coefficient (Wildman–Crippen LogP) is 3.48. The van der Waals surface area contributed by atoms with Crippen molar-refractivity contribution in [3.05, 3.63) is 41.9 Å². The molecule has 0 saturated heterocycles. The van der Waals surface area contributed by atoms with Gasteiger partial charge in [-0.05, 0) is 25.3 Å². The first kappa shape index (κ1) is 13.8. The van der Waals surface area contributed by atoms with Gasteiger partial charge in [0.15, 0.2) is 0 Å². The maximum Gasteiger partial charge on any atom is 0.107 e. The molecule has 102 valence electrons. The molecule has 0 saturated carbocycles. The van der Waals surface area contributed by atoms with Crippen LogP contribution in [-0.2, 0) is 6.42 Å². The van der Waals surface area contributed by atoms with E-state index >= 15 is 0 Å². The second-order valence-corrected chi connectivity index (χ2v) is 5.21. The van der Waals surface area contributed by atoms with Crippen LogP contribution in [0, 0.1) is 0 Å². The van der Waals surface area contributed by atoms with Crippen LogP contribution in [0.2, 0.25) is 0 Å². The van der Waals surface area contributed by atoms with E-state index in [2.05, 4.69) is 43.1 Å². The van der Waals surface area contributed by atoms with Crippen molar-refractivity contribution in [1.82, 2.24) is 9.97 Å². The van der Waals surface area contributed by atoms with Crippen LogP contribution in [-0.4, -0.2) is 16.5 Å². The number of aromatic amines is 1. The normalized spacial score (nSPS) is 11.2. The van der Waals surface area contributed by atoms with E-state index in [1.807, 2.05) is 6.07 Å². The monoisotopic (exact) mass is 257 g/mol. The third-order valence-electron chi connectivity index (χ3n) is 3.27. The molecule has 0 radical (unpaired) electrons. The van der Waals surface area contributed by atoms with E-state index in [-0.39, 0.29) is 0 Å². The highest BCUT2D eigenvalue weighted by molar-refractivity contribution is 5.62. The number of rotatable bonds is 6. The molecule has 0 spiro atoms. The molecule has 2 rings (SSSR count). The first-order valence-electron chi connectivity index (χ1n) is 7.06. The molecule has 0 aliphatic carbocycles. The summed E-state index contributed by atoms with van der Waals surface area (Å²) < 4.78 is 0. The molecule has 0 fully saturated rings. The summed E-state index contributed by atoms with van der Waals surface area (Å²) >= 11 is 0. The van der Waals surface area contributed by atoms with Crippen molar-refractivity contribution in [2.75, 3.05) is 6.54 Å². The fourth-order valence-electron chi connectivity index (χ4n) is 2.23. The molecule has 3 N–H and O–H groups in total. The number of nitrogens with zero attached hydrogens (tertiary/aromatic N) is 1. The van der Waals surface area contributed by atoms with Gasteiger partial charge in [0.1, 0.15) is 5.82 Å². The molecular formula is C16H23N3. The van der Waals surface area contributed by atoms with Crippen LogP contribution in [0.5, 0.6) is 0 Å². The zero-order valence-corrected chi connectivity index (χ0v) is 11.8. The Morgan fingerprint density at radius 2 is 1.89 bits per heavy atom. The summed E-state index contributed by atoms with van der Waals surface area (Å²) in [5.74, 6) is 1.53. The zero-order valence-electron chi connectivity index (χ0n) is 11.8. The van der Waals surface area contributed by atoms with Crippen molar-refractivity contribution in [2.45, 2.75) is 39.0 Å². The molecular weight excluding hydrogens is 234 g/mol. The molecule has 2 aromatic rings. The van der Waals surface area contributed by atoms with Gasteiger partial charge in [0.2, 0.25) is 0 Å². The number of unbranched alkanes of at least 4 members (excludes halogenated alkanes) is 1. The van der Waals surface area contributed by atoms with E-state index in [1.54, 1.807) is 0 Å². The fourth-order valence-corrected chi connectivity index (χ4v) is 2.23. The SMILES string of the molecule is CC(C)c1[nH]c(CCCCN)nc1-c1ccccc1. The molecule has 1 heterocycles. The van der Waals surface area contributed by atoms with Crippen molar-refractivity contribution in [2.24, 2.45) is 5.73 Å². The maximum absolute atomic E-state index is 5.54. The molecule has 3 heteroatoms. The van der Waals surface area contributed by atoms with Crippen LogP contribution in [0.25, 0.3) is 11.3 Å². The smallest absolute Gasteiger partial charge is 0.107 e. The Hall–Kier alpha value is -1.61. The van der Waals surface area contributed by atoms with Crippen LogP contribution >= 0.6 is 0 Å². The first-order chi connectivity index (χ1) is 9.22. The molecule has 0 atom stereocenters. The van der Waals surface area contributed by atoms with Gasteiger partial charge in [0.05, 0.1) is 5.69 Å². The van der Waals surface area contributed by atoms with E-state index in [0.717, 1.165) is 37.3 Å². The highest BCUT2D eigenvalue weighted by Crippen LogP contribution is 2.27. The van der Waals surface area contributed by atoms with Crippen LogP contribution in [0.4, 0.5) is 0 Å². The lowest BCUT2D eigenvalue weighted by atomic mass is 10.0. The van der Waals surface area contributed by atoms with Crippen LogP contribution < -0.4 is 5.73 Å². The Bertz CT molecular complexity index is 500. The van der Waals surface area contributed by atoms with Crippen LogP contribution in [0.15, 0.2) is 30.3 Å². The van der Waals surface area contributed by atoms with Crippen molar-refractivity contribution < 1.29 is 0 Å². The third-order valence-corrected chi connectivity index (χ3v) is 3.27. The Morgan fingerprint density at radius 3 is 2.53 bits per heavy atom. The van der Waals surface area contributed by atoms with Gasteiger partial charge >= 0.3 is 0 Å². The van der Waals surface area contributed by atoms with Gasteiger partial charge < -0.3 is 10.7 Å². The Labute approximate surface area is 115 Å². The lowest BCUT2D eigenvalue weighted by Gasteiger charge is -2.05. The number of hydrogen-bond acceptors (Lipinski definition) is 2. The summed E-state index contributed by atoms with van der Waals surface area (Å²) in [6, 6.07) is 10.4. The van der Waals surface area contributed by atoms with Crippen molar-refractivity contribution >= 4 is 0 Å². The topological polar surface area (TPSA) is 54.7 Å². The second-order valence-electron chi connectivity index (χ2n) is 5.21. The number of imidazole rings is 1. The number of H-pyrrole nitrogens is 1. The quantitative estimate of drug-likeness (QED) is 0.778. The molecule has 0 unspecified atom stereocenters. The average Bonchev–Trinajstić information content (AvgIpc) is 2.84. The average molecular weight is 257 g/mol. The van der Waals surface area contributed by atoms with Gasteiger partial charge in [-0.15, -0.1) is 0 Å². The lowest BCUT2D eigenvalue weighted by Crippen LogP contribution is -1.99. The molecule has 0 bridgehead atoms. The largest absolute Gasteiger partial charge is 0.345 e. The number of aryl methyl sites for hydroxylation is 1. The Morgan fingerprint density at radius 1 is 1.16 bits per heavy atom. The van der Waals surface area contributed by atoms with E-state index < -0.39 is 0 Å². The van der Waals surface area contributed by atoms with Gasteiger partial charge in [-0.3, -0.25) is 0 Å². The van der Waals surface area contributed by atoms with Gasteiger partial charge in [0.25, 0.3) is 0 Å². The summed E-state index contributed by atoms with van der Waals surface area (Å²) in [4.78, 5) is 8.26. The number of hydrogen-bond donors (Lipinski definition) is 2. The van der Waals surface area contributed by atoms with E-state index in [4.69, 9.17) is 10.7 Å². The number of nitrogens with two attached hydrogens (primary N) is 1. The third kappa shape index (κ3) is 3.44. The minimum absolute atomic E-state index is 0.450. The standard InChI is InChI=1S/C16H23N3/c1-12(2)15-16(13-8-4-3-5-9-13)19-14(18-15)10-6-7-11-17/h3-5,8-9,12H,6-7,10-11,17H2,1-2H3,(H,18,19). The van der Waals surface area contributed by atoms with Crippen LogP contribution in [0.1, 0.15) is 44.1 Å². The Balaban J connectivity index is 2.26. The number of nitrogens with one attached hydrogen (secondary N) is 1. The maximum atomic E-state index is 5.54. The zero-order chi connectivity index (χ0) is 13.7. The van der Waals surface area contributed by atoms with Crippen molar-refractivity contribution in [3.63, 3.8) is 0 Å². The van der Waals surface area contributed by atoms with E-state index in [9.17, 15) is 0 Å². The summed E-state index contributed by atoms with van der Waals surface area (Å²) in [5.41, 5.74) is 9.05. The van der Waals surface area contributed by atoms with Gasteiger partial charge in [-0.25, -0.2) is 4.98 Å². The molecule has 1 aromatic carbocycles. The highest BCUT2D eigenvalue weighted by atomic mass is 14.9. The molecule has 19 heavy (non-hydrogen) atoms. The highest BCUT2D eigenvalue weighted by Gasteiger charge is 2.14. The molecule has 0 amide bonds. The Kier molecular flexibility index (Phi) is 4.74. The molecule has 1 aromatic heterocycles. The van der Waals surface area contributed by atoms with E-state index in [1.165, 1.54) is 11.3 Å². The van der Waals surface area contributed by atoms with Gasteiger partial charge in [-0.2, -0.15) is 0 Å². The molecule has 0 aliphatic heterocycles. The second kappa shape index (κ2) is 6.53. The minimum atomic E-state index is 0.450. The van der Waals surface area contributed by atoms with Crippen LogP contribution in [0.3, 0.4) is 0 Å². The first-order valence-corrected chi connectivity index (χ1v) is 7.06. The summed E-state index contributed by atoms with van der Waals surface area (Å²) in [6.45, 7) is 5.15. The summed E-state index contributed by atoms with van der Waals surface area (Å²) in [5, 5.41) is 0. The molecule has 0 aliphatic rings. The minimum Gasteiger partial charge on any atom is -0.345 e. The number of aromatic nitrogens is 2. The summed E-state index contributed by atoms with van der Waals surface area (Å²) in [7, 11) is 0. The predicted molar refractivity (Wildman–Crippen MR) is 80.1 cm³/mol. The lowest BCUT2D eigenvalue weighted by molar-refractivity contribution is 0.718. The van der Waals surface area contributed by atoms with Crippen molar-refractivity contribution in [3.8, 4) is 11.3 Å². The molecule has 3 nitrogen and oxygen atoms in total. The van der Waals surface area contributed by atoms with E-state index in [0.29, 0.717) is 5.92 Å². The van der Waals surface area contributed by atoms with Gasteiger partial charge in [0, 0.05) is 17.7 Å². The van der Waals surface area contributed by atoms with Gasteiger partial charge in [-0.1, -0.05) is 44.2 Å². The summed E-state index contributed by atoms with van der Waals surface area (Å²) in [6.07, 6.45) is 3.12. The van der Waals surface area contributed by atoms with Crippen molar-refractivity contribution in [1.29, 1.82) is 0 Å². The fraction of sp³-hybridized carbons (Fsp3) is 0.438. The number of benzene rings is 1.